The Morgan fingerprint density at radius 1 is 1.20 bits per heavy atom. The molecule has 2 aromatic rings. The van der Waals surface area contributed by atoms with Crippen molar-refractivity contribution in [2.75, 3.05) is 0 Å². The zero-order valence-electron chi connectivity index (χ0n) is 10.8. The summed E-state index contributed by atoms with van der Waals surface area (Å²) in [5, 5.41) is 14.0. The summed E-state index contributed by atoms with van der Waals surface area (Å²) in [6.45, 7) is 2.55. The normalized spacial score (nSPS) is 12.4. The van der Waals surface area contributed by atoms with Crippen LogP contribution in [-0.4, -0.2) is 5.11 Å². The summed E-state index contributed by atoms with van der Waals surface area (Å²) < 4.78 is 1.05. The van der Waals surface area contributed by atoms with Crippen molar-refractivity contribution in [3.63, 3.8) is 0 Å². The molecule has 2 rings (SSSR count). The van der Waals surface area contributed by atoms with E-state index in [1.807, 2.05) is 24.3 Å². The van der Waals surface area contributed by atoms with E-state index in [1.54, 1.807) is 6.07 Å². The minimum atomic E-state index is 0.0755. The summed E-state index contributed by atoms with van der Waals surface area (Å²) >= 11 is 15.3. The molecule has 0 spiro atoms. The monoisotopic (exact) mass is 373 g/mol. The van der Waals surface area contributed by atoms with Gasteiger partial charge in [0.1, 0.15) is 5.75 Å². The van der Waals surface area contributed by atoms with Crippen molar-refractivity contribution in [1.29, 1.82) is 0 Å². The molecule has 0 aromatic heterocycles. The van der Waals surface area contributed by atoms with E-state index in [1.165, 1.54) is 11.6 Å². The second-order valence-corrected chi connectivity index (χ2v) is 6.31. The maximum absolute atomic E-state index is 9.91. The third-order valence-corrected chi connectivity index (χ3v) is 4.11. The Labute approximate surface area is 136 Å². The van der Waals surface area contributed by atoms with E-state index >= 15 is 0 Å². The van der Waals surface area contributed by atoms with E-state index in [9.17, 15) is 5.11 Å². The molecule has 1 unspecified atom stereocenters. The van der Waals surface area contributed by atoms with Gasteiger partial charge >= 0.3 is 0 Å². The van der Waals surface area contributed by atoms with Crippen LogP contribution in [0.2, 0.25) is 10.0 Å². The van der Waals surface area contributed by atoms with Gasteiger partial charge < -0.3 is 10.4 Å². The highest BCUT2D eigenvalue weighted by atomic mass is 79.9. The topological polar surface area (TPSA) is 32.3 Å². The molecule has 2 aromatic carbocycles. The summed E-state index contributed by atoms with van der Waals surface area (Å²) in [5.41, 5.74) is 1.85. The number of phenols is 1. The molecule has 0 aliphatic carbocycles. The van der Waals surface area contributed by atoms with Gasteiger partial charge in [-0.3, -0.25) is 0 Å². The van der Waals surface area contributed by atoms with Gasteiger partial charge in [-0.15, -0.1) is 0 Å². The van der Waals surface area contributed by atoms with Crippen LogP contribution in [0.3, 0.4) is 0 Å². The van der Waals surface area contributed by atoms with Crippen LogP contribution in [-0.2, 0) is 6.54 Å². The number of nitrogens with one attached hydrogen (secondary N) is 1. The van der Waals surface area contributed by atoms with Crippen molar-refractivity contribution in [2.45, 2.75) is 19.5 Å². The molecule has 0 fully saturated rings. The van der Waals surface area contributed by atoms with E-state index in [0.29, 0.717) is 17.1 Å². The Balaban J connectivity index is 2.07. The predicted molar refractivity (Wildman–Crippen MR) is 87.5 cm³/mol. The third kappa shape index (κ3) is 3.89. The fourth-order valence-corrected chi connectivity index (χ4v) is 2.69. The lowest BCUT2D eigenvalue weighted by molar-refractivity contribution is 0.460. The Hall–Kier alpha value is -0.740. The average Bonchev–Trinajstić information content (AvgIpc) is 2.41. The highest BCUT2D eigenvalue weighted by molar-refractivity contribution is 9.10. The molecule has 106 valence electrons. The molecule has 0 saturated heterocycles. The summed E-state index contributed by atoms with van der Waals surface area (Å²) in [4.78, 5) is 0. The number of aromatic hydroxyl groups is 1. The molecular formula is C15H14BrCl2NO. The molecule has 0 aliphatic rings. The van der Waals surface area contributed by atoms with Gasteiger partial charge in [-0.05, 0) is 36.8 Å². The van der Waals surface area contributed by atoms with Crippen molar-refractivity contribution in [3.8, 4) is 5.75 Å². The van der Waals surface area contributed by atoms with Gasteiger partial charge in [0.05, 0.1) is 5.02 Å². The number of rotatable bonds is 4. The first-order chi connectivity index (χ1) is 9.47. The van der Waals surface area contributed by atoms with Crippen LogP contribution in [0.4, 0.5) is 0 Å². The highest BCUT2D eigenvalue weighted by Crippen LogP contribution is 2.31. The van der Waals surface area contributed by atoms with Crippen molar-refractivity contribution in [3.05, 3.63) is 62.0 Å². The zero-order valence-corrected chi connectivity index (χ0v) is 13.9. The Morgan fingerprint density at radius 3 is 2.50 bits per heavy atom. The van der Waals surface area contributed by atoms with Crippen LogP contribution < -0.4 is 5.32 Å². The minimum Gasteiger partial charge on any atom is -0.506 e. The number of benzene rings is 2. The first-order valence-corrected chi connectivity index (χ1v) is 7.68. The SMILES string of the molecule is CC(NCc1cc(Cl)cc(Cl)c1O)c1ccc(Br)cc1. The summed E-state index contributed by atoms with van der Waals surface area (Å²) in [7, 11) is 0. The molecule has 20 heavy (non-hydrogen) atoms. The van der Waals surface area contributed by atoms with Gasteiger partial charge in [-0.1, -0.05) is 51.3 Å². The predicted octanol–water partition coefficient (Wildman–Crippen LogP) is 5.31. The largest absolute Gasteiger partial charge is 0.506 e. The molecular weight excluding hydrogens is 361 g/mol. The van der Waals surface area contributed by atoms with Crippen LogP contribution in [0.5, 0.6) is 5.75 Å². The van der Waals surface area contributed by atoms with E-state index in [2.05, 4.69) is 28.2 Å². The lowest BCUT2D eigenvalue weighted by Gasteiger charge is -2.15. The second-order valence-electron chi connectivity index (χ2n) is 4.55. The Morgan fingerprint density at radius 2 is 1.85 bits per heavy atom. The first kappa shape index (κ1) is 15.6. The molecule has 5 heteroatoms. The van der Waals surface area contributed by atoms with Crippen molar-refractivity contribution >= 4 is 39.1 Å². The molecule has 0 bridgehead atoms. The van der Waals surface area contributed by atoms with Gasteiger partial charge in [-0.2, -0.15) is 0 Å². The van der Waals surface area contributed by atoms with E-state index < -0.39 is 0 Å². The number of hydrogen-bond acceptors (Lipinski definition) is 2. The molecule has 0 heterocycles. The Kier molecular flexibility index (Phi) is 5.33. The standard InChI is InChI=1S/C15H14BrCl2NO/c1-9(10-2-4-12(16)5-3-10)19-8-11-6-13(17)7-14(18)15(11)20/h2-7,9,19-20H,8H2,1H3. The second kappa shape index (κ2) is 6.81. The van der Waals surface area contributed by atoms with Gasteiger partial charge in [0.15, 0.2) is 0 Å². The van der Waals surface area contributed by atoms with Crippen LogP contribution in [0.1, 0.15) is 24.1 Å². The smallest absolute Gasteiger partial charge is 0.138 e. The quantitative estimate of drug-likeness (QED) is 0.759. The van der Waals surface area contributed by atoms with Crippen molar-refractivity contribution < 1.29 is 5.11 Å². The van der Waals surface area contributed by atoms with Gasteiger partial charge in [0.25, 0.3) is 0 Å². The molecule has 0 aliphatic heterocycles. The maximum Gasteiger partial charge on any atom is 0.138 e. The molecule has 0 saturated carbocycles. The van der Waals surface area contributed by atoms with Crippen molar-refractivity contribution in [2.24, 2.45) is 0 Å². The molecule has 2 N–H and O–H groups in total. The number of hydrogen-bond donors (Lipinski definition) is 2. The van der Waals surface area contributed by atoms with Crippen LogP contribution >= 0.6 is 39.1 Å². The molecule has 2 nitrogen and oxygen atoms in total. The molecule has 0 amide bonds. The summed E-state index contributed by atoms with van der Waals surface area (Å²) in [5.74, 6) is 0.0755. The average molecular weight is 375 g/mol. The van der Waals surface area contributed by atoms with E-state index in [0.717, 1.165) is 4.47 Å². The lowest BCUT2D eigenvalue weighted by atomic mass is 10.1. The van der Waals surface area contributed by atoms with Crippen LogP contribution in [0.25, 0.3) is 0 Å². The zero-order chi connectivity index (χ0) is 14.7. The summed E-state index contributed by atoms with van der Waals surface area (Å²) in [6, 6.07) is 11.5. The highest BCUT2D eigenvalue weighted by Gasteiger charge is 2.10. The van der Waals surface area contributed by atoms with Gasteiger partial charge in [0.2, 0.25) is 0 Å². The Bertz CT molecular complexity index is 602. The molecule has 0 radical (unpaired) electrons. The fourth-order valence-electron chi connectivity index (χ4n) is 1.89. The molecule has 1 atom stereocenters. The fraction of sp³-hybridized carbons (Fsp3) is 0.200. The van der Waals surface area contributed by atoms with E-state index in [4.69, 9.17) is 23.2 Å². The summed E-state index contributed by atoms with van der Waals surface area (Å²) in [6.07, 6.45) is 0. The third-order valence-electron chi connectivity index (χ3n) is 3.08. The minimum absolute atomic E-state index is 0.0755. The van der Waals surface area contributed by atoms with Gasteiger partial charge in [-0.25, -0.2) is 0 Å². The first-order valence-electron chi connectivity index (χ1n) is 6.13. The number of phenolic OH excluding ortho intramolecular Hbond substituents is 1. The maximum atomic E-state index is 9.91. The van der Waals surface area contributed by atoms with Crippen LogP contribution in [0.15, 0.2) is 40.9 Å². The van der Waals surface area contributed by atoms with Gasteiger partial charge in [0, 0.05) is 27.6 Å². The van der Waals surface area contributed by atoms with E-state index in [-0.39, 0.29) is 16.8 Å². The number of halogens is 3. The van der Waals surface area contributed by atoms with Crippen LogP contribution in [0, 0.1) is 0 Å². The lowest BCUT2D eigenvalue weighted by Crippen LogP contribution is -2.18. The van der Waals surface area contributed by atoms with Crippen molar-refractivity contribution in [1.82, 2.24) is 5.32 Å².